The average Bonchev–Trinajstić information content (AvgIpc) is 3.02. The highest BCUT2D eigenvalue weighted by Gasteiger charge is 2.62. The van der Waals surface area contributed by atoms with Crippen molar-refractivity contribution in [1.82, 2.24) is 0 Å². The standard InChI is InChI=1S/C30H40O2/c1-19-11-13-29(4)25-12-14-30(5)27(24(25)16-20(2)26(29)15-19)18-23(28(30)32-21(3)31)17-22-9-7-6-8-10-22/h6-10,17,19,24-28H,2,11-16,18H2,1,3-5H3/b23-17+/t19-,24-,25+,26-,27+,28+,29-,30+/m0/s1. The molecule has 0 radical (unpaired) electrons. The first kappa shape index (κ1) is 22.0. The van der Waals surface area contributed by atoms with Crippen molar-refractivity contribution in [3.63, 3.8) is 0 Å². The van der Waals surface area contributed by atoms with Gasteiger partial charge in [-0.05, 0) is 84.7 Å². The molecule has 0 heterocycles. The lowest BCUT2D eigenvalue weighted by Gasteiger charge is -2.61. The third-order valence-corrected chi connectivity index (χ3v) is 10.1. The maximum Gasteiger partial charge on any atom is 0.303 e. The van der Waals surface area contributed by atoms with E-state index in [4.69, 9.17) is 4.74 Å². The maximum atomic E-state index is 12.2. The minimum Gasteiger partial charge on any atom is -0.457 e. The van der Waals surface area contributed by atoms with E-state index in [0.717, 1.165) is 24.7 Å². The van der Waals surface area contributed by atoms with Gasteiger partial charge in [0.25, 0.3) is 0 Å². The van der Waals surface area contributed by atoms with Crippen LogP contribution in [0.1, 0.15) is 78.2 Å². The maximum absolute atomic E-state index is 12.2. The van der Waals surface area contributed by atoms with Gasteiger partial charge in [-0.15, -0.1) is 0 Å². The number of hydrogen-bond acceptors (Lipinski definition) is 2. The minimum absolute atomic E-state index is 0.0267. The molecule has 0 bridgehead atoms. The summed E-state index contributed by atoms with van der Waals surface area (Å²) in [6.07, 6.45) is 10.9. The Morgan fingerprint density at radius 1 is 1.06 bits per heavy atom. The van der Waals surface area contributed by atoms with Crippen LogP contribution in [0.25, 0.3) is 6.08 Å². The molecule has 2 heteroatoms. The summed E-state index contributed by atoms with van der Waals surface area (Å²) in [5, 5.41) is 0. The number of hydrogen-bond donors (Lipinski definition) is 0. The molecule has 8 atom stereocenters. The third-order valence-electron chi connectivity index (χ3n) is 10.1. The summed E-state index contributed by atoms with van der Waals surface area (Å²) in [7, 11) is 0. The second-order valence-corrected chi connectivity index (χ2v) is 12.0. The lowest BCUT2D eigenvalue weighted by Crippen LogP contribution is -2.54. The van der Waals surface area contributed by atoms with E-state index in [0.29, 0.717) is 23.2 Å². The molecular formula is C30H40O2. The van der Waals surface area contributed by atoms with Gasteiger partial charge in [-0.3, -0.25) is 4.79 Å². The molecule has 5 rings (SSSR count). The zero-order valence-electron chi connectivity index (χ0n) is 20.4. The number of fused-ring (bicyclic) bond motifs is 5. The van der Waals surface area contributed by atoms with Crippen molar-refractivity contribution < 1.29 is 9.53 Å². The van der Waals surface area contributed by atoms with Gasteiger partial charge in [0, 0.05) is 12.3 Å². The van der Waals surface area contributed by atoms with Crippen LogP contribution >= 0.6 is 0 Å². The summed E-state index contributed by atoms with van der Waals surface area (Å²) >= 11 is 0. The molecule has 4 aliphatic carbocycles. The molecule has 2 nitrogen and oxygen atoms in total. The second kappa shape index (κ2) is 7.89. The van der Waals surface area contributed by atoms with Crippen LogP contribution in [0.4, 0.5) is 0 Å². The van der Waals surface area contributed by atoms with E-state index in [1.165, 1.54) is 48.8 Å². The molecule has 0 spiro atoms. The molecule has 1 aromatic carbocycles. The SMILES string of the molecule is C=C1C[C@@H]2[C@H]3C/C(=C\c4ccccc4)[C@@H](OC(C)=O)[C@]3(C)CC[C@H]2[C@]2(C)CC[C@H](C)C[C@@H]12. The molecular weight excluding hydrogens is 392 g/mol. The van der Waals surface area contributed by atoms with Crippen LogP contribution in [0, 0.1) is 40.4 Å². The summed E-state index contributed by atoms with van der Waals surface area (Å²) in [6.45, 7) is 13.7. The Morgan fingerprint density at radius 2 is 1.78 bits per heavy atom. The van der Waals surface area contributed by atoms with Gasteiger partial charge in [0.15, 0.2) is 0 Å². The van der Waals surface area contributed by atoms with Crippen molar-refractivity contribution in [3.05, 3.63) is 53.6 Å². The third kappa shape index (κ3) is 3.40. The van der Waals surface area contributed by atoms with Crippen molar-refractivity contribution in [3.8, 4) is 0 Å². The molecule has 32 heavy (non-hydrogen) atoms. The molecule has 4 fully saturated rings. The van der Waals surface area contributed by atoms with Crippen molar-refractivity contribution >= 4 is 12.0 Å². The van der Waals surface area contributed by atoms with E-state index < -0.39 is 0 Å². The predicted molar refractivity (Wildman–Crippen MR) is 131 cm³/mol. The molecule has 0 aliphatic heterocycles. The van der Waals surface area contributed by atoms with Crippen molar-refractivity contribution in [2.75, 3.05) is 0 Å². The van der Waals surface area contributed by atoms with Crippen LogP contribution in [0.5, 0.6) is 0 Å². The lowest BCUT2D eigenvalue weighted by atomic mass is 9.44. The number of rotatable bonds is 2. The Kier molecular flexibility index (Phi) is 5.42. The topological polar surface area (TPSA) is 26.3 Å². The lowest BCUT2D eigenvalue weighted by molar-refractivity contribution is -0.157. The van der Waals surface area contributed by atoms with Crippen molar-refractivity contribution in [1.29, 1.82) is 0 Å². The van der Waals surface area contributed by atoms with Crippen molar-refractivity contribution in [2.24, 2.45) is 40.4 Å². The molecule has 0 aromatic heterocycles. The fourth-order valence-corrected chi connectivity index (χ4v) is 8.55. The Bertz CT molecular complexity index is 929. The predicted octanol–water partition coefficient (Wildman–Crippen LogP) is 7.46. The fourth-order valence-electron chi connectivity index (χ4n) is 8.55. The number of ether oxygens (including phenoxy) is 1. The van der Waals surface area contributed by atoms with E-state index in [-0.39, 0.29) is 17.5 Å². The highest BCUT2D eigenvalue weighted by Crippen LogP contribution is 2.68. The fraction of sp³-hybridized carbons (Fsp3) is 0.633. The largest absolute Gasteiger partial charge is 0.457 e. The van der Waals surface area contributed by atoms with E-state index in [1.54, 1.807) is 6.92 Å². The molecule has 0 N–H and O–H groups in total. The monoisotopic (exact) mass is 432 g/mol. The Labute approximate surface area is 194 Å². The number of esters is 1. The highest BCUT2D eigenvalue weighted by atomic mass is 16.5. The highest BCUT2D eigenvalue weighted by molar-refractivity contribution is 5.67. The number of carbonyl (C=O) groups is 1. The van der Waals surface area contributed by atoms with Crippen LogP contribution in [-0.4, -0.2) is 12.1 Å². The van der Waals surface area contributed by atoms with Gasteiger partial charge in [-0.2, -0.15) is 0 Å². The zero-order valence-corrected chi connectivity index (χ0v) is 20.4. The van der Waals surface area contributed by atoms with Crippen LogP contribution in [0.2, 0.25) is 0 Å². The van der Waals surface area contributed by atoms with Crippen LogP contribution < -0.4 is 0 Å². The molecule has 0 amide bonds. The quantitative estimate of drug-likeness (QED) is 0.358. The van der Waals surface area contributed by atoms with E-state index in [9.17, 15) is 4.79 Å². The number of allylic oxidation sites excluding steroid dienone is 1. The van der Waals surface area contributed by atoms with Crippen LogP contribution in [0.3, 0.4) is 0 Å². The van der Waals surface area contributed by atoms with Crippen molar-refractivity contribution in [2.45, 2.75) is 78.7 Å². The second-order valence-electron chi connectivity index (χ2n) is 12.0. The molecule has 0 unspecified atom stereocenters. The molecule has 0 saturated heterocycles. The number of carbonyl (C=O) groups excluding carboxylic acids is 1. The Balaban J connectivity index is 1.51. The summed E-state index contributed by atoms with van der Waals surface area (Å²) in [4.78, 5) is 12.2. The zero-order chi connectivity index (χ0) is 22.7. The smallest absolute Gasteiger partial charge is 0.303 e. The molecule has 4 saturated carbocycles. The van der Waals surface area contributed by atoms with Gasteiger partial charge in [0.1, 0.15) is 6.10 Å². The average molecular weight is 433 g/mol. The summed E-state index contributed by atoms with van der Waals surface area (Å²) in [6, 6.07) is 10.5. The summed E-state index contributed by atoms with van der Waals surface area (Å²) in [5.41, 5.74) is 4.46. The van der Waals surface area contributed by atoms with E-state index in [2.05, 4.69) is 63.8 Å². The first-order valence-electron chi connectivity index (χ1n) is 12.8. The first-order valence-corrected chi connectivity index (χ1v) is 12.8. The van der Waals surface area contributed by atoms with Crippen LogP contribution in [0.15, 0.2) is 48.1 Å². The van der Waals surface area contributed by atoms with Gasteiger partial charge in [-0.25, -0.2) is 0 Å². The Morgan fingerprint density at radius 3 is 2.50 bits per heavy atom. The Hall–Kier alpha value is -1.83. The summed E-state index contributed by atoms with van der Waals surface area (Å²) < 4.78 is 6.09. The van der Waals surface area contributed by atoms with E-state index >= 15 is 0 Å². The van der Waals surface area contributed by atoms with Gasteiger partial charge < -0.3 is 4.74 Å². The normalized spacial score (nSPS) is 44.5. The first-order chi connectivity index (χ1) is 15.2. The molecule has 1 aromatic rings. The van der Waals surface area contributed by atoms with Gasteiger partial charge in [0.05, 0.1) is 0 Å². The van der Waals surface area contributed by atoms with Gasteiger partial charge in [-0.1, -0.05) is 75.8 Å². The van der Waals surface area contributed by atoms with Gasteiger partial charge >= 0.3 is 5.97 Å². The minimum atomic E-state index is -0.153. The van der Waals surface area contributed by atoms with Crippen LogP contribution in [-0.2, 0) is 9.53 Å². The number of benzene rings is 1. The van der Waals surface area contributed by atoms with Gasteiger partial charge in [0.2, 0.25) is 0 Å². The van der Waals surface area contributed by atoms with E-state index in [1.807, 2.05) is 0 Å². The summed E-state index contributed by atoms with van der Waals surface area (Å²) in [5.74, 6) is 3.37. The molecule has 172 valence electrons. The molecule has 4 aliphatic rings.